The van der Waals surface area contributed by atoms with E-state index in [2.05, 4.69) is 5.32 Å². The highest BCUT2D eigenvalue weighted by Gasteiger charge is 2.22. The average Bonchev–Trinajstić information content (AvgIpc) is 2.44. The zero-order chi connectivity index (χ0) is 15.2. The molecule has 1 aliphatic carbocycles. The Morgan fingerprint density at radius 3 is 2.43 bits per heavy atom. The highest BCUT2D eigenvalue weighted by molar-refractivity contribution is 5.87. The van der Waals surface area contributed by atoms with Crippen molar-refractivity contribution < 1.29 is 14.7 Å². The van der Waals surface area contributed by atoms with Crippen molar-refractivity contribution in [2.75, 3.05) is 13.1 Å². The minimum Gasteiger partial charge on any atom is -0.478 e. The summed E-state index contributed by atoms with van der Waals surface area (Å²) in [4.78, 5) is 24.7. The summed E-state index contributed by atoms with van der Waals surface area (Å²) in [5.41, 5.74) is 1.15. The summed E-state index contributed by atoms with van der Waals surface area (Å²) in [5, 5.41) is 11.7. The number of nitrogens with one attached hydrogen (secondary N) is 1. The monoisotopic (exact) mass is 290 g/mol. The van der Waals surface area contributed by atoms with E-state index in [1.165, 1.54) is 19.3 Å². The molecule has 5 heteroatoms. The lowest BCUT2D eigenvalue weighted by molar-refractivity contribution is 0.0697. The Balaban J connectivity index is 1.82. The van der Waals surface area contributed by atoms with Gasteiger partial charge in [0.15, 0.2) is 0 Å². The number of urea groups is 1. The number of amides is 2. The molecular weight excluding hydrogens is 268 g/mol. The molecule has 0 saturated heterocycles. The number of hydrogen-bond acceptors (Lipinski definition) is 2. The van der Waals surface area contributed by atoms with Gasteiger partial charge in [0.25, 0.3) is 0 Å². The second kappa shape index (κ2) is 7.11. The van der Waals surface area contributed by atoms with Crippen LogP contribution in [0.25, 0.3) is 0 Å². The van der Waals surface area contributed by atoms with Gasteiger partial charge in [-0.25, -0.2) is 9.59 Å². The van der Waals surface area contributed by atoms with Crippen molar-refractivity contribution in [3.8, 4) is 0 Å². The Morgan fingerprint density at radius 1 is 1.29 bits per heavy atom. The summed E-state index contributed by atoms with van der Waals surface area (Å²) in [6.07, 6.45) is 3.72. The quantitative estimate of drug-likeness (QED) is 0.846. The van der Waals surface area contributed by atoms with Crippen LogP contribution in [0.2, 0.25) is 0 Å². The molecule has 0 aliphatic heterocycles. The van der Waals surface area contributed by atoms with Crippen molar-refractivity contribution in [1.29, 1.82) is 0 Å². The van der Waals surface area contributed by atoms with E-state index in [9.17, 15) is 9.59 Å². The van der Waals surface area contributed by atoms with Gasteiger partial charge in [-0.05, 0) is 43.4 Å². The fourth-order valence-corrected chi connectivity index (χ4v) is 2.40. The molecule has 0 spiro atoms. The lowest BCUT2D eigenvalue weighted by atomic mass is 9.85. The smallest absolute Gasteiger partial charge is 0.335 e. The number of carboxylic acid groups (broad SMARTS) is 1. The van der Waals surface area contributed by atoms with Crippen LogP contribution in [-0.2, 0) is 6.54 Å². The van der Waals surface area contributed by atoms with Gasteiger partial charge >= 0.3 is 12.0 Å². The molecule has 1 aliphatic rings. The minimum atomic E-state index is -0.941. The number of hydrogen-bond donors (Lipinski definition) is 2. The Labute approximate surface area is 125 Å². The standard InChI is InChI=1S/C16H22N2O3/c1-2-18(11-13-4-3-5-13)16(21)17-10-12-6-8-14(9-7-12)15(19)20/h6-9,13H,2-5,10-11H2,1H3,(H,17,21)(H,19,20). The Bertz CT molecular complexity index is 495. The van der Waals surface area contributed by atoms with Gasteiger partial charge in [-0.3, -0.25) is 0 Å². The fraction of sp³-hybridized carbons (Fsp3) is 0.500. The van der Waals surface area contributed by atoms with Gasteiger partial charge in [-0.1, -0.05) is 18.6 Å². The molecule has 2 N–H and O–H groups in total. The highest BCUT2D eigenvalue weighted by Crippen LogP contribution is 2.27. The molecule has 2 amide bonds. The van der Waals surface area contributed by atoms with Crippen molar-refractivity contribution >= 4 is 12.0 Å². The van der Waals surface area contributed by atoms with E-state index in [-0.39, 0.29) is 11.6 Å². The lowest BCUT2D eigenvalue weighted by Gasteiger charge is -2.31. The number of carbonyl (C=O) groups is 2. The molecule has 0 aromatic heterocycles. The van der Waals surface area contributed by atoms with E-state index >= 15 is 0 Å². The molecule has 0 heterocycles. The molecule has 0 unspecified atom stereocenters. The SMILES string of the molecule is CCN(CC1CCC1)C(=O)NCc1ccc(C(=O)O)cc1. The van der Waals surface area contributed by atoms with Crippen LogP contribution in [0, 0.1) is 5.92 Å². The maximum absolute atomic E-state index is 12.1. The van der Waals surface area contributed by atoms with Crippen LogP contribution >= 0.6 is 0 Å². The molecule has 5 nitrogen and oxygen atoms in total. The van der Waals surface area contributed by atoms with Crippen molar-refractivity contribution in [1.82, 2.24) is 10.2 Å². The Morgan fingerprint density at radius 2 is 1.95 bits per heavy atom. The molecule has 1 fully saturated rings. The normalized spacial score (nSPS) is 14.3. The van der Waals surface area contributed by atoms with Gasteiger partial charge in [-0.2, -0.15) is 0 Å². The highest BCUT2D eigenvalue weighted by atomic mass is 16.4. The van der Waals surface area contributed by atoms with Crippen LogP contribution in [0.3, 0.4) is 0 Å². The lowest BCUT2D eigenvalue weighted by Crippen LogP contribution is -2.43. The van der Waals surface area contributed by atoms with Crippen molar-refractivity contribution in [3.63, 3.8) is 0 Å². The van der Waals surface area contributed by atoms with Crippen LogP contribution in [0.4, 0.5) is 4.79 Å². The number of benzene rings is 1. The maximum Gasteiger partial charge on any atom is 0.335 e. The van der Waals surface area contributed by atoms with E-state index in [0.717, 1.165) is 12.1 Å². The molecule has 0 bridgehead atoms. The predicted octanol–water partition coefficient (Wildman–Crippen LogP) is 2.72. The van der Waals surface area contributed by atoms with E-state index in [1.54, 1.807) is 24.3 Å². The van der Waals surface area contributed by atoms with E-state index in [0.29, 0.717) is 19.0 Å². The number of carbonyl (C=O) groups excluding carboxylic acids is 1. The van der Waals surface area contributed by atoms with Crippen LogP contribution in [0.15, 0.2) is 24.3 Å². The molecule has 1 aromatic rings. The molecule has 0 atom stereocenters. The first-order chi connectivity index (χ1) is 10.1. The molecule has 0 radical (unpaired) electrons. The first-order valence-electron chi connectivity index (χ1n) is 7.45. The van der Waals surface area contributed by atoms with E-state index in [4.69, 9.17) is 5.11 Å². The van der Waals surface area contributed by atoms with Crippen molar-refractivity contribution in [2.45, 2.75) is 32.7 Å². The summed E-state index contributed by atoms with van der Waals surface area (Å²) >= 11 is 0. The second-order valence-corrected chi connectivity index (χ2v) is 5.50. The Kier molecular flexibility index (Phi) is 5.20. The maximum atomic E-state index is 12.1. The topological polar surface area (TPSA) is 69.6 Å². The minimum absolute atomic E-state index is 0.0493. The van der Waals surface area contributed by atoms with Crippen LogP contribution < -0.4 is 5.32 Å². The van der Waals surface area contributed by atoms with Gasteiger partial charge in [0.05, 0.1) is 5.56 Å². The number of carboxylic acids is 1. The fourth-order valence-electron chi connectivity index (χ4n) is 2.40. The van der Waals surface area contributed by atoms with Gasteiger partial charge in [0.1, 0.15) is 0 Å². The second-order valence-electron chi connectivity index (χ2n) is 5.50. The third kappa shape index (κ3) is 4.21. The molecule has 1 saturated carbocycles. The molecule has 114 valence electrons. The zero-order valence-electron chi connectivity index (χ0n) is 12.3. The summed E-state index contributed by atoms with van der Waals surface area (Å²) in [5.74, 6) is -0.284. The number of nitrogens with zero attached hydrogens (tertiary/aromatic N) is 1. The molecular formula is C16H22N2O3. The third-order valence-corrected chi connectivity index (χ3v) is 4.02. The van der Waals surface area contributed by atoms with Crippen LogP contribution in [0.1, 0.15) is 42.1 Å². The van der Waals surface area contributed by atoms with Crippen molar-refractivity contribution in [2.24, 2.45) is 5.92 Å². The van der Waals surface area contributed by atoms with Crippen LogP contribution in [-0.4, -0.2) is 35.1 Å². The third-order valence-electron chi connectivity index (χ3n) is 4.02. The molecule has 1 aromatic carbocycles. The number of rotatable bonds is 6. The first-order valence-corrected chi connectivity index (χ1v) is 7.45. The van der Waals surface area contributed by atoms with Gasteiger partial charge < -0.3 is 15.3 Å². The molecule has 2 rings (SSSR count). The van der Waals surface area contributed by atoms with E-state index in [1.807, 2.05) is 11.8 Å². The predicted molar refractivity (Wildman–Crippen MR) is 80.2 cm³/mol. The van der Waals surface area contributed by atoms with Gasteiger partial charge in [0, 0.05) is 19.6 Å². The Hall–Kier alpha value is -2.04. The molecule has 21 heavy (non-hydrogen) atoms. The van der Waals surface area contributed by atoms with Crippen LogP contribution in [0.5, 0.6) is 0 Å². The van der Waals surface area contributed by atoms with Gasteiger partial charge in [-0.15, -0.1) is 0 Å². The summed E-state index contributed by atoms with van der Waals surface area (Å²) in [6, 6.07) is 6.51. The van der Waals surface area contributed by atoms with Gasteiger partial charge in [0.2, 0.25) is 0 Å². The zero-order valence-corrected chi connectivity index (χ0v) is 12.3. The number of aromatic carboxylic acids is 1. The van der Waals surface area contributed by atoms with E-state index < -0.39 is 5.97 Å². The summed E-state index contributed by atoms with van der Waals surface area (Å²) in [7, 11) is 0. The van der Waals surface area contributed by atoms with Crippen molar-refractivity contribution in [3.05, 3.63) is 35.4 Å². The average molecular weight is 290 g/mol. The first kappa shape index (κ1) is 15.4. The summed E-state index contributed by atoms with van der Waals surface area (Å²) in [6.45, 7) is 3.94. The largest absolute Gasteiger partial charge is 0.478 e. The summed E-state index contributed by atoms with van der Waals surface area (Å²) < 4.78 is 0.